The maximum atomic E-state index is 12.6. The standard InChI is InChI=1S/C14H12BrFO3/c15-12-6-11(8-17)14(19-16)13(7-12)18-9-10-4-2-1-3-5-10/h1-7,17H,8-9H2. The minimum atomic E-state index is -0.333. The second-order valence-electron chi connectivity index (χ2n) is 3.90. The maximum absolute atomic E-state index is 12.6. The first-order valence-electron chi connectivity index (χ1n) is 5.63. The summed E-state index contributed by atoms with van der Waals surface area (Å²) < 4.78 is 18.8. The normalized spacial score (nSPS) is 10.3. The van der Waals surface area contributed by atoms with Gasteiger partial charge in [-0.1, -0.05) is 46.3 Å². The van der Waals surface area contributed by atoms with Crippen molar-refractivity contribution in [3.8, 4) is 11.5 Å². The fourth-order valence-electron chi connectivity index (χ4n) is 1.67. The van der Waals surface area contributed by atoms with Crippen LogP contribution >= 0.6 is 15.9 Å². The molecule has 3 nitrogen and oxygen atoms in total. The number of hydrogen-bond acceptors (Lipinski definition) is 3. The Hall–Kier alpha value is -1.59. The first kappa shape index (κ1) is 13.8. The molecule has 0 aliphatic heterocycles. The molecule has 100 valence electrons. The summed E-state index contributed by atoms with van der Waals surface area (Å²) in [6.07, 6.45) is 0. The van der Waals surface area contributed by atoms with Gasteiger partial charge in [-0.2, -0.15) is 0 Å². The van der Waals surface area contributed by atoms with Gasteiger partial charge in [-0.05, 0) is 17.7 Å². The predicted octanol–water partition coefficient (Wildman–Crippen LogP) is 3.78. The predicted molar refractivity (Wildman–Crippen MR) is 72.6 cm³/mol. The Morgan fingerprint density at radius 3 is 2.53 bits per heavy atom. The van der Waals surface area contributed by atoms with Crippen LogP contribution in [0.25, 0.3) is 0 Å². The molecule has 5 heteroatoms. The van der Waals surface area contributed by atoms with Crippen LogP contribution in [0.1, 0.15) is 11.1 Å². The number of benzene rings is 2. The van der Waals surface area contributed by atoms with Crippen LogP contribution in [-0.2, 0) is 13.2 Å². The lowest BCUT2D eigenvalue weighted by atomic mass is 10.2. The van der Waals surface area contributed by atoms with E-state index in [1.165, 1.54) is 0 Å². The van der Waals surface area contributed by atoms with E-state index < -0.39 is 0 Å². The third-order valence-electron chi connectivity index (χ3n) is 2.58. The second-order valence-corrected chi connectivity index (χ2v) is 4.82. The van der Waals surface area contributed by atoms with Crippen molar-refractivity contribution in [3.05, 3.63) is 58.1 Å². The zero-order valence-corrected chi connectivity index (χ0v) is 11.6. The Balaban J connectivity index is 2.22. The molecule has 0 aromatic heterocycles. The summed E-state index contributed by atoms with van der Waals surface area (Å²) in [7, 11) is 0. The van der Waals surface area contributed by atoms with Crippen molar-refractivity contribution in [2.75, 3.05) is 0 Å². The average Bonchev–Trinajstić information content (AvgIpc) is 2.45. The Labute approximate surface area is 118 Å². The van der Waals surface area contributed by atoms with Gasteiger partial charge in [-0.15, -0.1) is 0 Å². The molecule has 2 aromatic rings. The lowest BCUT2D eigenvalue weighted by Crippen LogP contribution is -1.99. The van der Waals surface area contributed by atoms with E-state index in [9.17, 15) is 4.53 Å². The van der Waals surface area contributed by atoms with E-state index >= 15 is 0 Å². The fraction of sp³-hybridized carbons (Fsp3) is 0.143. The molecule has 0 unspecified atom stereocenters. The van der Waals surface area contributed by atoms with Gasteiger partial charge in [0.15, 0.2) is 5.75 Å². The van der Waals surface area contributed by atoms with Gasteiger partial charge >= 0.3 is 0 Å². The van der Waals surface area contributed by atoms with Crippen molar-refractivity contribution < 1.29 is 19.3 Å². The van der Waals surface area contributed by atoms with Crippen LogP contribution in [0.5, 0.6) is 11.5 Å². The van der Waals surface area contributed by atoms with Crippen molar-refractivity contribution in [1.82, 2.24) is 0 Å². The maximum Gasteiger partial charge on any atom is 0.219 e. The molecule has 2 aromatic carbocycles. The topological polar surface area (TPSA) is 38.7 Å². The number of rotatable bonds is 5. The fourth-order valence-corrected chi connectivity index (χ4v) is 2.15. The van der Waals surface area contributed by atoms with E-state index in [-0.39, 0.29) is 18.1 Å². The SMILES string of the molecule is OCc1cc(Br)cc(OCc2ccccc2)c1OF. The number of aliphatic hydroxyl groups is 1. The van der Waals surface area contributed by atoms with Crippen LogP contribution in [0.15, 0.2) is 46.9 Å². The van der Waals surface area contributed by atoms with Crippen molar-refractivity contribution in [1.29, 1.82) is 0 Å². The first-order chi connectivity index (χ1) is 9.24. The quantitative estimate of drug-likeness (QED) is 0.908. The summed E-state index contributed by atoms with van der Waals surface area (Å²) in [5.74, 6) is 0.145. The van der Waals surface area contributed by atoms with Gasteiger partial charge in [-0.25, -0.2) is 0 Å². The molecule has 0 heterocycles. The molecule has 0 aliphatic carbocycles. The molecule has 0 radical (unpaired) electrons. The Morgan fingerprint density at radius 2 is 1.89 bits per heavy atom. The number of aliphatic hydroxyl groups excluding tert-OH is 1. The molecule has 19 heavy (non-hydrogen) atoms. The number of hydrogen-bond donors (Lipinski definition) is 1. The monoisotopic (exact) mass is 326 g/mol. The van der Waals surface area contributed by atoms with Crippen molar-refractivity contribution in [3.63, 3.8) is 0 Å². The molecular weight excluding hydrogens is 315 g/mol. The second kappa shape index (κ2) is 6.54. The Bertz CT molecular complexity index is 546. The molecule has 0 spiro atoms. The molecule has 0 amide bonds. The van der Waals surface area contributed by atoms with E-state index in [0.29, 0.717) is 16.6 Å². The van der Waals surface area contributed by atoms with Crippen LogP contribution in [0.2, 0.25) is 0 Å². The zero-order valence-electron chi connectivity index (χ0n) is 9.98. The molecular formula is C14H12BrFO3. The summed E-state index contributed by atoms with van der Waals surface area (Å²) in [5.41, 5.74) is 1.28. The van der Waals surface area contributed by atoms with Gasteiger partial charge in [0.25, 0.3) is 0 Å². The highest BCUT2D eigenvalue weighted by Crippen LogP contribution is 2.35. The summed E-state index contributed by atoms with van der Waals surface area (Å²) >= 11 is 3.27. The molecule has 0 atom stereocenters. The third kappa shape index (κ3) is 3.45. The van der Waals surface area contributed by atoms with E-state index in [1.54, 1.807) is 12.1 Å². The van der Waals surface area contributed by atoms with Gasteiger partial charge < -0.3 is 9.84 Å². The summed E-state index contributed by atoms with van der Waals surface area (Å²) in [6, 6.07) is 12.7. The minimum absolute atomic E-state index is 0.0957. The molecule has 1 N–H and O–H groups in total. The Kier molecular flexibility index (Phi) is 4.76. The third-order valence-corrected chi connectivity index (χ3v) is 3.04. The first-order valence-corrected chi connectivity index (χ1v) is 6.42. The molecule has 0 bridgehead atoms. The average molecular weight is 327 g/mol. The minimum Gasteiger partial charge on any atom is -0.485 e. The number of halogens is 2. The van der Waals surface area contributed by atoms with Crippen LogP contribution in [0.3, 0.4) is 0 Å². The zero-order chi connectivity index (χ0) is 13.7. The van der Waals surface area contributed by atoms with E-state index in [2.05, 4.69) is 20.9 Å². The van der Waals surface area contributed by atoms with Crippen LogP contribution in [0.4, 0.5) is 4.53 Å². The van der Waals surface area contributed by atoms with Gasteiger partial charge in [0.05, 0.1) is 6.61 Å². The lowest BCUT2D eigenvalue weighted by Gasteiger charge is -2.12. The van der Waals surface area contributed by atoms with Crippen molar-refractivity contribution >= 4 is 15.9 Å². The number of ether oxygens (including phenoxy) is 1. The van der Waals surface area contributed by atoms with Crippen LogP contribution < -0.4 is 9.68 Å². The van der Waals surface area contributed by atoms with E-state index in [1.807, 2.05) is 30.3 Å². The molecule has 0 fully saturated rings. The largest absolute Gasteiger partial charge is 0.485 e. The van der Waals surface area contributed by atoms with Gasteiger partial charge in [0.1, 0.15) is 6.61 Å². The molecule has 0 saturated carbocycles. The van der Waals surface area contributed by atoms with Crippen LogP contribution in [0, 0.1) is 0 Å². The molecule has 2 rings (SSSR count). The smallest absolute Gasteiger partial charge is 0.219 e. The van der Waals surface area contributed by atoms with Gasteiger partial charge in [-0.3, -0.25) is 4.94 Å². The van der Waals surface area contributed by atoms with Gasteiger partial charge in [0, 0.05) is 14.6 Å². The highest BCUT2D eigenvalue weighted by molar-refractivity contribution is 9.10. The summed E-state index contributed by atoms with van der Waals surface area (Å²) in [6.45, 7) is -0.0427. The molecule has 0 aliphatic rings. The molecule has 0 saturated heterocycles. The van der Waals surface area contributed by atoms with Gasteiger partial charge in [0.2, 0.25) is 5.75 Å². The van der Waals surface area contributed by atoms with Crippen molar-refractivity contribution in [2.45, 2.75) is 13.2 Å². The van der Waals surface area contributed by atoms with E-state index in [4.69, 9.17) is 9.84 Å². The highest BCUT2D eigenvalue weighted by atomic mass is 79.9. The Morgan fingerprint density at radius 1 is 1.16 bits per heavy atom. The summed E-state index contributed by atoms with van der Waals surface area (Å²) in [4.78, 5) is 3.80. The van der Waals surface area contributed by atoms with E-state index in [0.717, 1.165) is 5.56 Å². The highest BCUT2D eigenvalue weighted by Gasteiger charge is 2.14. The summed E-state index contributed by atoms with van der Waals surface area (Å²) in [5, 5.41) is 9.16. The van der Waals surface area contributed by atoms with Crippen molar-refractivity contribution in [2.24, 2.45) is 0 Å². The lowest BCUT2D eigenvalue weighted by molar-refractivity contribution is -0.0122. The van der Waals surface area contributed by atoms with Crippen LogP contribution in [-0.4, -0.2) is 5.11 Å².